The molecule has 1 N–H and O–H groups in total. The van der Waals surface area contributed by atoms with E-state index in [2.05, 4.69) is 5.32 Å². The van der Waals surface area contributed by atoms with E-state index < -0.39 is 0 Å². The minimum atomic E-state index is -0.248. The van der Waals surface area contributed by atoms with E-state index in [9.17, 15) is 9.18 Å². The van der Waals surface area contributed by atoms with Gasteiger partial charge in [0.15, 0.2) is 0 Å². The smallest absolute Gasteiger partial charge is 0.234 e. The lowest BCUT2D eigenvalue weighted by atomic mass is 10.2. The summed E-state index contributed by atoms with van der Waals surface area (Å²) in [5.41, 5.74) is 0.874. The summed E-state index contributed by atoms with van der Waals surface area (Å²) in [5.74, 6) is -0.262. The molecule has 0 aromatic heterocycles. The zero-order chi connectivity index (χ0) is 14.8. The van der Waals surface area contributed by atoms with Gasteiger partial charge in [0.2, 0.25) is 5.91 Å². The number of rotatable bonds is 9. The number of amides is 1. The number of nitrogens with zero attached hydrogens (tertiary/aromatic N) is 1. The van der Waals surface area contributed by atoms with Gasteiger partial charge in [0.05, 0.1) is 6.54 Å². The SMILES string of the molecule is CCN(CC(=O)NCCCOC)Cc1cccc(F)c1. The summed E-state index contributed by atoms with van der Waals surface area (Å²) in [5, 5.41) is 2.84. The van der Waals surface area contributed by atoms with Gasteiger partial charge < -0.3 is 10.1 Å². The van der Waals surface area contributed by atoms with E-state index in [1.807, 2.05) is 17.9 Å². The van der Waals surface area contributed by atoms with Gasteiger partial charge in [-0.2, -0.15) is 0 Å². The van der Waals surface area contributed by atoms with E-state index >= 15 is 0 Å². The third-order valence-electron chi connectivity index (χ3n) is 2.96. The number of carbonyl (C=O) groups excluding carboxylic acids is 1. The number of likely N-dealkylation sites (N-methyl/N-ethyl adjacent to an activating group) is 1. The Kier molecular flexibility index (Phi) is 7.84. The van der Waals surface area contributed by atoms with Crippen molar-refractivity contribution >= 4 is 5.91 Å². The molecule has 0 aliphatic rings. The summed E-state index contributed by atoms with van der Waals surface area (Å²) >= 11 is 0. The molecule has 0 unspecified atom stereocenters. The Morgan fingerprint density at radius 3 is 2.90 bits per heavy atom. The van der Waals surface area contributed by atoms with Crippen LogP contribution >= 0.6 is 0 Å². The number of nitrogens with one attached hydrogen (secondary N) is 1. The molecule has 1 rings (SSSR count). The van der Waals surface area contributed by atoms with Crippen LogP contribution in [0.2, 0.25) is 0 Å². The predicted molar refractivity (Wildman–Crippen MR) is 76.9 cm³/mol. The molecule has 1 aromatic rings. The van der Waals surface area contributed by atoms with E-state index in [-0.39, 0.29) is 11.7 Å². The van der Waals surface area contributed by atoms with Crippen molar-refractivity contribution in [1.82, 2.24) is 10.2 Å². The van der Waals surface area contributed by atoms with Crippen molar-refractivity contribution in [3.63, 3.8) is 0 Å². The number of benzene rings is 1. The summed E-state index contributed by atoms with van der Waals surface area (Å²) < 4.78 is 18.0. The standard InChI is InChI=1S/C15H23FN2O2/c1-3-18(11-13-6-4-7-14(16)10-13)12-15(19)17-8-5-9-20-2/h4,6-7,10H,3,5,8-9,11-12H2,1-2H3,(H,17,19). The van der Waals surface area contributed by atoms with Crippen LogP contribution in [0.15, 0.2) is 24.3 Å². The Bertz CT molecular complexity index is 413. The van der Waals surface area contributed by atoms with Crippen LogP contribution in [0.3, 0.4) is 0 Å². The van der Waals surface area contributed by atoms with E-state index in [0.29, 0.717) is 26.2 Å². The Morgan fingerprint density at radius 1 is 1.45 bits per heavy atom. The third-order valence-corrected chi connectivity index (χ3v) is 2.96. The van der Waals surface area contributed by atoms with Gasteiger partial charge in [-0.15, -0.1) is 0 Å². The highest BCUT2D eigenvalue weighted by Gasteiger charge is 2.09. The third kappa shape index (κ3) is 6.63. The second kappa shape index (κ2) is 9.44. The first-order valence-electron chi connectivity index (χ1n) is 6.88. The molecule has 0 saturated heterocycles. The van der Waals surface area contributed by atoms with Crippen LogP contribution in [0.4, 0.5) is 4.39 Å². The predicted octanol–water partition coefficient (Wildman–Crippen LogP) is 1.80. The Hall–Kier alpha value is -1.46. The number of methoxy groups -OCH3 is 1. The van der Waals surface area contributed by atoms with Gasteiger partial charge in [-0.3, -0.25) is 9.69 Å². The van der Waals surface area contributed by atoms with Gasteiger partial charge >= 0.3 is 0 Å². The minimum Gasteiger partial charge on any atom is -0.385 e. The average Bonchev–Trinajstić information content (AvgIpc) is 2.43. The van der Waals surface area contributed by atoms with Gasteiger partial charge in [0, 0.05) is 26.8 Å². The molecule has 0 fully saturated rings. The van der Waals surface area contributed by atoms with Gasteiger partial charge in [0.25, 0.3) is 0 Å². The summed E-state index contributed by atoms with van der Waals surface area (Å²) in [7, 11) is 1.64. The normalized spacial score (nSPS) is 10.8. The maximum atomic E-state index is 13.1. The van der Waals surface area contributed by atoms with Gasteiger partial charge in [0.1, 0.15) is 5.82 Å². The number of ether oxygens (including phenoxy) is 1. The monoisotopic (exact) mass is 282 g/mol. The van der Waals surface area contributed by atoms with Crippen LogP contribution in [-0.4, -0.2) is 44.2 Å². The minimum absolute atomic E-state index is 0.0145. The molecule has 0 bridgehead atoms. The molecule has 0 saturated carbocycles. The Morgan fingerprint density at radius 2 is 2.25 bits per heavy atom. The number of carbonyl (C=O) groups is 1. The van der Waals surface area contributed by atoms with Crippen LogP contribution in [-0.2, 0) is 16.1 Å². The Balaban J connectivity index is 2.37. The number of hydrogen-bond donors (Lipinski definition) is 1. The molecule has 20 heavy (non-hydrogen) atoms. The highest BCUT2D eigenvalue weighted by atomic mass is 19.1. The average molecular weight is 282 g/mol. The quantitative estimate of drug-likeness (QED) is 0.702. The van der Waals surface area contributed by atoms with Crippen molar-refractivity contribution in [2.24, 2.45) is 0 Å². The molecule has 5 heteroatoms. The lowest BCUT2D eigenvalue weighted by Gasteiger charge is -2.20. The molecule has 1 aromatic carbocycles. The summed E-state index contributed by atoms with van der Waals surface area (Å²) in [6.07, 6.45) is 0.804. The zero-order valence-electron chi connectivity index (χ0n) is 12.2. The maximum absolute atomic E-state index is 13.1. The van der Waals surface area contributed by atoms with Crippen molar-refractivity contribution < 1.29 is 13.9 Å². The first kappa shape index (κ1) is 16.6. The van der Waals surface area contributed by atoms with E-state index in [4.69, 9.17) is 4.74 Å². The molecule has 0 atom stereocenters. The van der Waals surface area contributed by atoms with Gasteiger partial charge in [-0.05, 0) is 30.7 Å². The molecule has 0 spiro atoms. The first-order valence-corrected chi connectivity index (χ1v) is 6.88. The van der Waals surface area contributed by atoms with Crippen molar-refractivity contribution in [1.29, 1.82) is 0 Å². The summed E-state index contributed by atoms with van der Waals surface area (Å²) in [6, 6.07) is 6.47. The number of hydrogen-bond acceptors (Lipinski definition) is 3. The fraction of sp³-hybridized carbons (Fsp3) is 0.533. The highest BCUT2D eigenvalue weighted by Crippen LogP contribution is 2.06. The first-order chi connectivity index (χ1) is 9.65. The van der Waals surface area contributed by atoms with Crippen LogP contribution in [0.1, 0.15) is 18.9 Å². The lowest BCUT2D eigenvalue weighted by Crippen LogP contribution is -2.37. The van der Waals surface area contributed by atoms with E-state index in [0.717, 1.165) is 18.5 Å². The Labute approximate surface area is 119 Å². The van der Waals surface area contributed by atoms with Gasteiger partial charge in [-0.25, -0.2) is 4.39 Å². The van der Waals surface area contributed by atoms with Crippen LogP contribution in [0.25, 0.3) is 0 Å². The molecule has 4 nitrogen and oxygen atoms in total. The number of halogens is 1. The molecule has 0 radical (unpaired) electrons. The van der Waals surface area contributed by atoms with Crippen LogP contribution in [0.5, 0.6) is 0 Å². The highest BCUT2D eigenvalue weighted by molar-refractivity contribution is 5.77. The fourth-order valence-corrected chi connectivity index (χ4v) is 1.88. The second-order valence-corrected chi connectivity index (χ2v) is 4.63. The van der Waals surface area contributed by atoms with Crippen LogP contribution < -0.4 is 5.32 Å². The zero-order valence-corrected chi connectivity index (χ0v) is 12.2. The lowest BCUT2D eigenvalue weighted by molar-refractivity contribution is -0.122. The fourth-order valence-electron chi connectivity index (χ4n) is 1.88. The molecule has 0 aliphatic heterocycles. The molecule has 1 amide bonds. The topological polar surface area (TPSA) is 41.6 Å². The largest absolute Gasteiger partial charge is 0.385 e. The molecular weight excluding hydrogens is 259 g/mol. The van der Waals surface area contributed by atoms with Gasteiger partial charge in [-0.1, -0.05) is 19.1 Å². The molecule has 112 valence electrons. The van der Waals surface area contributed by atoms with E-state index in [1.54, 1.807) is 13.2 Å². The van der Waals surface area contributed by atoms with Crippen molar-refractivity contribution in [2.45, 2.75) is 19.9 Å². The van der Waals surface area contributed by atoms with Crippen LogP contribution in [0, 0.1) is 5.82 Å². The van der Waals surface area contributed by atoms with Crippen molar-refractivity contribution in [3.05, 3.63) is 35.6 Å². The maximum Gasteiger partial charge on any atom is 0.234 e. The summed E-state index contributed by atoms with van der Waals surface area (Å²) in [6.45, 7) is 4.87. The summed E-state index contributed by atoms with van der Waals surface area (Å²) in [4.78, 5) is 13.7. The molecule has 0 aliphatic carbocycles. The van der Waals surface area contributed by atoms with Crippen molar-refractivity contribution in [2.75, 3.05) is 33.4 Å². The molecule has 0 heterocycles. The second-order valence-electron chi connectivity index (χ2n) is 4.63. The molecular formula is C15H23FN2O2. The van der Waals surface area contributed by atoms with E-state index in [1.165, 1.54) is 12.1 Å². The van der Waals surface area contributed by atoms with Crippen molar-refractivity contribution in [3.8, 4) is 0 Å².